The molecule has 2 aliphatic rings. The molecule has 0 unspecified atom stereocenters. The van der Waals surface area contributed by atoms with E-state index >= 15 is 0 Å². The number of hydrogen-bond acceptors (Lipinski definition) is 2. The Morgan fingerprint density at radius 1 is 0.481 bits per heavy atom. The predicted molar refractivity (Wildman–Crippen MR) is 223 cm³/mol. The largest absolute Gasteiger partial charge is 0.685 e. The van der Waals surface area contributed by atoms with Crippen molar-refractivity contribution in [2.24, 2.45) is 0 Å². The molecule has 4 nitrogen and oxygen atoms in total. The lowest BCUT2D eigenvalue weighted by Gasteiger charge is -2.44. The lowest BCUT2D eigenvalue weighted by atomic mass is 9.59. The molecule has 0 amide bonds. The highest BCUT2D eigenvalue weighted by Crippen LogP contribution is 2.42. The first-order valence-corrected chi connectivity index (χ1v) is 19.1. The summed E-state index contributed by atoms with van der Waals surface area (Å²) in [5, 5.41) is 2.60. The molecule has 4 heterocycles. The van der Waals surface area contributed by atoms with Gasteiger partial charge in [0.25, 0.3) is 0 Å². The van der Waals surface area contributed by atoms with Crippen LogP contribution in [0.5, 0.6) is 11.5 Å². The SMILES string of the molecule is CC(C)(C)c1ccc2c(c1)c1cc(C(C)(C)C)ccc1n2-c1ccc(-c2ccc([B-]34Oc5ccccc5-c5cccc([n+]53)-c3ccccc3O4)cc2)cc1. The van der Waals surface area contributed by atoms with E-state index in [4.69, 9.17) is 9.31 Å². The molecule has 0 bridgehead atoms. The molecule has 0 saturated carbocycles. The van der Waals surface area contributed by atoms with Crippen LogP contribution < -0.4 is 19.2 Å². The van der Waals surface area contributed by atoms with Crippen molar-refractivity contribution in [1.29, 1.82) is 0 Å². The number of rotatable bonds is 3. The second-order valence-corrected chi connectivity index (χ2v) is 17.0. The van der Waals surface area contributed by atoms with Crippen molar-refractivity contribution in [3.63, 3.8) is 0 Å². The van der Waals surface area contributed by atoms with Gasteiger partial charge in [0.05, 0.1) is 33.7 Å². The van der Waals surface area contributed by atoms with Crippen LogP contribution in [0.15, 0.2) is 152 Å². The van der Waals surface area contributed by atoms with E-state index in [2.05, 4.69) is 178 Å². The molecule has 5 heteroatoms. The van der Waals surface area contributed by atoms with Crippen LogP contribution in [0.2, 0.25) is 0 Å². The lowest BCUT2D eigenvalue weighted by molar-refractivity contribution is -0.548. The average molecular weight is 703 g/mol. The van der Waals surface area contributed by atoms with Crippen LogP contribution >= 0.6 is 0 Å². The van der Waals surface area contributed by atoms with Gasteiger partial charge in [0.15, 0.2) is 11.4 Å². The Labute approximate surface area is 317 Å². The van der Waals surface area contributed by atoms with Crippen molar-refractivity contribution in [1.82, 2.24) is 4.57 Å². The maximum atomic E-state index is 7.00. The number of para-hydroxylation sites is 2. The van der Waals surface area contributed by atoms with E-state index in [9.17, 15) is 0 Å². The first kappa shape index (κ1) is 32.6. The van der Waals surface area contributed by atoms with E-state index in [1.54, 1.807) is 0 Å². The van der Waals surface area contributed by atoms with Gasteiger partial charge in [0.1, 0.15) is 0 Å². The first-order valence-electron chi connectivity index (χ1n) is 19.1. The Balaban J connectivity index is 1.05. The Morgan fingerprint density at radius 3 is 1.43 bits per heavy atom. The van der Waals surface area contributed by atoms with Crippen molar-refractivity contribution in [2.75, 3.05) is 0 Å². The molecular weight excluding hydrogens is 659 g/mol. The van der Waals surface area contributed by atoms with Crippen molar-refractivity contribution >= 4 is 34.0 Å². The van der Waals surface area contributed by atoms with Crippen LogP contribution in [0.25, 0.3) is 61.1 Å². The Hall–Kier alpha value is -6.07. The van der Waals surface area contributed by atoms with Gasteiger partial charge in [0, 0.05) is 28.6 Å². The number of benzene rings is 6. The van der Waals surface area contributed by atoms with Crippen molar-refractivity contribution < 1.29 is 13.8 Å². The highest BCUT2D eigenvalue weighted by atomic mass is 16.6. The topological polar surface area (TPSA) is 27.3 Å². The highest BCUT2D eigenvalue weighted by Gasteiger charge is 2.56. The minimum absolute atomic E-state index is 0.0632. The minimum atomic E-state index is -2.12. The van der Waals surface area contributed by atoms with Gasteiger partial charge in [-0.2, -0.15) is 0 Å². The molecule has 0 atom stereocenters. The van der Waals surface area contributed by atoms with Gasteiger partial charge in [-0.3, -0.25) is 0 Å². The third kappa shape index (κ3) is 4.87. The third-order valence-electron chi connectivity index (χ3n) is 11.6. The molecule has 6 aromatic carbocycles. The van der Waals surface area contributed by atoms with Crippen LogP contribution in [-0.2, 0) is 10.8 Å². The smallest absolute Gasteiger partial charge is 0.618 e. The maximum absolute atomic E-state index is 7.00. The Kier molecular flexibility index (Phi) is 6.92. The molecule has 0 saturated heterocycles. The van der Waals surface area contributed by atoms with Crippen molar-refractivity contribution in [2.45, 2.75) is 52.4 Å². The monoisotopic (exact) mass is 702 g/mol. The van der Waals surface area contributed by atoms with Crippen LogP contribution in [0.3, 0.4) is 0 Å². The van der Waals surface area contributed by atoms with Gasteiger partial charge >= 0.3 is 6.69 Å². The summed E-state index contributed by atoms with van der Waals surface area (Å²) in [6.07, 6.45) is 0. The van der Waals surface area contributed by atoms with E-state index in [0.717, 1.165) is 56.3 Å². The van der Waals surface area contributed by atoms with Gasteiger partial charge in [-0.1, -0.05) is 114 Å². The zero-order valence-electron chi connectivity index (χ0n) is 31.7. The number of aromatic nitrogens is 2. The fourth-order valence-electron chi connectivity index (χ4n) is 8.60. The molecule has 10 rings (SSSR count). The molecule has 2 aromatic heterocycles. The zero-order chi connectivity index (χ0) is 37.0. The van der Waals surface area contributed by atoms with E-state index < -0.39 is 6.69 Å². The fourth-order valence-corrected chi connectivity index (χ4v) is 8.60. The average Bonchev–Trinajstić information content (AvgIpc) is 3.51. The number of pyridine rings is 1. The van der Waals surface area contributed by atoms with E-state index in [1.165, 1.54) is 32.9 Å². The fraction of sp³-hybridized carbons (Fsp3) is 0.163. The quantitative estimate of drug-likeness (QED) is 0.171. The molecular formula is C49H43BN2O2. The second-order valence-electron chi connectivity index (χ2n) is 17.0. The van der Waals surface area contributed by atoms with Crippen LogP contribution in [0.4, 0.5) is 0 Å². The summed E-state index contributed by atoms with van der Waals surface area (Å²) in [6.45, 7) is 11.6. The molecule has 0 N–H and O–H groups in total. The van der Waals surface area contributed by atoms with Crippen LogP contribution in [-0.4, -0.2) is 11.3 Å². The molecule has 2 aliphatic heterocycles. The molecule has 0 fully saturated rings. The first-order chi connectivity index (χ1) is 26.0. The van der Waals surface area contributed by atoms with Crippen LogP contribution in [0, 0.1) is 0 Å². The Morgan fingerprint density at radius 2 is 0.944 bits per heavy atom. The van der Waals surface area contributed by atoms with E-state index in [1.807, 2.05) is 24.3 Å². The molecule has 0 radical (unpaired) electrons. The standard InChI is InChI=1S/C49H43BN2O2/c1-48(2,3)34-22-28-42-40(30-34)41-31-35(49(4,5)6)23-29-43(41)51(42)37-26-20-33(21-27-37)32-18-24-36(25-19-32)50-52-44(38-12-7-9-16-46(38)53-50)14-11-15-45(52)39-13-8-10-17-47(39)54-50/h7-31H,1-6H3. The van der Waals surface area contributed by atoms with Crippen molar-refractivity contribution in [3.05, 3.63) is 163 Å². The number of hydrogen-bond donors (Lipinski definition) is 0. The molecule has 8 aromatic rings. The summed E-state index contributed by atoms with van der Waals surface area (Å²) < 4.78 is 18.7. The van der Waals surface area contributed by atoms with Gasteiger partial charge in [-0.15, -0.1) is 0 Å². The summed E-state index contributed by atoms with van der Waals surface area (Å²) in [4.78, 5) is 0. The predicted octanol–water partition coefficient (Wildman–Crippen LogP) is 11.1. The number of fused-ring (bicyclic) bond motifs is 7. The summed E-state index contributed by atoms with van der Waals surface area (Å²) >= 11 is 0. The van der Waals surface area contributed by atoms with Gasteiger partial charge < -0.3 is 18.4 Å². The highest BCUT2D eigenvalue weighted by molar-refractivity contribution is 6.75. The van der Waals surface area contributed by atoms with Gasteiger partial charge in [-0.05, 0) is 105 Å². The third-order valence-corrected chi connectivity index (χ3v) is 11.6. The molecule has 54 heavy (non-hydrogen) atoms. The second kappa shape index (κ2) is 11.5. The van der Waals surface area contributed by atoms with Gasteiger partial charge in [-0.25, -0.2) is 0 Å². The summed E-state index contributed by atoms with van der Waals surface area (Å²) in [5.74, 6) is 1.64. The lowest BCUT2D eigenvalue weighted by Crippen LogP contribution is -2.83. The zero-order valence-corrected chi connectivity index (χ0v) is 31.7. The summed E-state index contributed by atoms with van der Waals surface area (Å²) in [5.41, 5.74) is 14.0. The van der Waals surface area contributed by atoms with Gasteiger partial charge in [0.2, 0.25) is 0 Å². The summed E-state index contributed by atoms with van der Waals surface area (Å²) in [7, 11) is 0. The number of nitrogens with zero attached hydrogens (tertiary/aromatic N) is 2. The van der Waals surface area contributed by atoms with Crippen LogP contribution in [0.1, 0.15) is 52.7 Å². The minimum Gasteiger partial charge on any atom is -0.618 e. The molecule has 0 spiro atoms. The molecule has 0 aliphatic carbocycles. The normalized spacial score (nSPS) is 14.2. The van der Waals surface area contributed by atoms with E-state index in [0.29, 0.717) is 0 Å². The van der Waals surface area contributed by atoms with Crippen molar-refractivity contribution in [3.8, 4) is 50.8 Å². The maximum Gasteiger partial charge on any atom is 0.685 e. The summed E-state index contributed by atoms with van der Waals surface area (Å²) in [6, 6.07) is 54.7. The van der Waals surface area contributed by atoms with E-state index in [-0.39, 0.29) is 10.8 Å². The Bertz CT molecular complexity index is 2640. The molecule has 264 valence electrons.